The molecule has 6 heteroatoms. The maximum atomic E-state index is 12.4. The van der Waals surface area contributed by atoms with Crippen LogP contribution in [0.2, 0.25) is 0 Å². The van der Waals surface area contributed by atoms with Gasteiger partial charge in [-0.25, -0.2) is 0 Å². The van der Waals surface area contributed by atoms with Crippen molar-refractivity contribution in [1.82, 2.24) is 4.90 Å². The van der Waals surface area contributed by atoms with Crippen molar-refractivity contribution in [1.29, 1.82) is 0 Å². The first kappa shape index (κ1) is 22.9. The highest BCUT2D eigenvalue weighted by molar-refractivity contribution is 5.78. The van der Waals surface area contributed by atoms with E-state index in [0.29, 0.717) is 26.0 Å². The van der Waals surface area contributed by atoms with Crippen LogP contribution in [0.3, 0.4) is 0 Å². The van der Waals surface area contributed by atoms with Crippen molar-refractivity contribution in [3.05, 3.63) is 0 Å². The Morgan fingerprint density at radius 2 is 1.83 bits per heavy atom. The summed E-state index contributed by atoms with van der Waals surface area (Å²) < 4.78 is 10.5. The van der Waals surface area contributed by atoms with E-state index in [4.69, 9.17) is 9.47 Å². The summed E-state index contributed by atoms with van der Waals surface area (Å²) in [4.78, 5) is 26.2. The van der Waals surface area contributed by atoms with E-state index < -0.39 is 11.5 Å². The van der Waals surface area contributed by atoms with Crippen molar-refractivity contribution < 1.29 is 24.2 Å². The molecule has 0 aliphatic carbocycles. The average Bonchev–Trinajstić information content (AvgIpc) is 2.51. The van der Waals surface area contributed by atoms with Gasteiger partial charge in [-0.1, -0.05) is 27.2 Å². The quantitative estimate of drug-likeness (QED) is 0.432. The molecule has 0 fully saturated rings. The lowest BCUT2D eigenvalue weighted by Gasteiger charge is -2.29. The topological polar surface area (TPSA) is 76.1 Å². The fourth-order valence-corrected chi connectivity index (χ4v) is 2.41. The molecule has 1 N–H and O–H groups in total. The molecule has 0 rings (SSSR count). The Kier molecular flexibility index (Phi) is 10.9. The van der Waals surface area contributed by atoms with Crippen LogP contribution in [-0.4, -0.2) is 61.9 Å². The van der Waals surface area contributed by atoms with E-state index in [1.807, 2.05) is 32.8 Å². The second-order valence-electron chi connectivity index (χ2n) is 7.05. The zero-order chi connectivity index (χ0) is 18.8. The molecule has 0 spiro atoms. The van der Waals surface area contributed by atoms with Crippen LogP contribution < -0.4 is 0 Å². The molecule has 0 aliphatic rings. The Labute approximate surface area is 146 Å². The third-order valence-electron chi connectivity index (χ3n) is 4.16. The third kappa shape index (κ3) is 8.64. The molecule has 0 amide bonds. The molecule has 3 unspecified atom stereocenters. The molecule has 3 atom stereocenters. The van der Waals surface area contributed by atoms with Gasteiger partial charge in [-0.2, -0.15) is 0 Å². The lowest BCUT2D eigenvalue weighted by molar-refractivity contribution is -0.161. The summed E-state index contributed by atoms with van der Waals surface area (Å²) in [7, 11) is 3.68. The molecule has 6 nitrogen and oxygen atoms in total. The van der Waals surface area contributed by atoms with E-state index in [-0.39, 0.29) is 24.5 Å². The number of unbranched alkanes of at least 4 members (excludes halogenated alkanes) is 1. The number of aliphatic hydroxyl groups excluding tert-OH is 1. The van der Waals surface area contributed by atoms with E-state index in [2.05, 4.69) is 0 Å². The fraction of sp³-hybridized carbons (Fsp3) is 0.889. The molecule has 0 radical (unpaired) electrons. The second-order valence-corrected chi connectivity index (χ2v) is 7.05. The highest BCUT2D eigenvalue weighted by atomic mass is 16.5. The summed E-state index contributed by atoms with van der Waals surface area (Å²) in [6.45, 7) is 8.31. The molecule has 0 aromatic heterocycles. The van der Waals surface area contributed by atoms with Gasteiger partial charge in [-0.15, -0.1) is 0 Å². The number of likely N-dealkylation sites (N-methyl/N-ethyl adjacent to an activating group) is 1. The first-order valence-corrected chi connectivity index (χ1v) is 8.82. The normalized spacial score (nSPS) is 16.3. The van der Waals surface area contributed by atoms with Crippen LogP contribution in [0.1, 0.15) is 53.4 Å². The Bertz CT molecular complexity index is 386. The Morgan fingerprint density at radius 1 is 1.21 bits per heavy atom. The minimum absolute atomic E-state index is 0.0398. The number of carbonyl (C=O) groups is 2. The van der Waals surface area contributed by atoms with Gasteiger partial charge in [0.25, 0.3) is 0 Å². The minimum atomic E-state index is -0.763. The van der Waals surface area contributed by atoms with Gasteiger partial charge in [0.2, 0.25) is 0 Å². The molecule has 142 valence electrons. The first-order valence-electron chi connectivity index (χ1n) is 8.82. The molecule has 0 aromatic rings. The van der Waals surface area contributed by atoms with E-state index in [9.17, 15) is 14.7 Å². The predicted octanol–water partition coefficient (Wildman–Crippen LogP) is 2.24. The van der Waals surface area contributed by atoms with Crippen LogP contribution in [0.5, 0.6) is 0 Å². The number of hydrogen-bond acceptors (Lipinski definition) is 6. The fourth-order valence-electron chi connectivity index (χ4n) is 2.41. The Balaban J connectivity index is 4.53. The summed E-state index contributed by atoms with van der Waals surface area (Å²) in [6.07, 6.45) is 2.02. The van der Waals surface area contributed by atoms with Gasteiger partial charge in [0.1, 0.15) is 12.7 Å². The zero-order valence-electron chi connectivity index (χ0n) is 16.1. The monoisotopic (exact) mass is 345 g/mol. The molecule has 0 aromatic carbocycles. The number of ether oxygens (including phenoxy) is 2. The van der Waals surface area contributed by atoms with Gasteiger partial charge in [0, 0.05) is 6.54 Å². The van der Waals surface area contributed by atoms with Crippen LogP contribution >= 0.6 is 0 Å². The van der Waals surface area contributed by atoms with Crippen molar-refractivity contribution in [3.8, 4) is 0 Å². The SMILES string of the molecule is CCCCOC(=O)C(C)CC(C)(CC)C(=O)OCC(O)CN(C)C. The number of aliphatic hydroxyl groups is 1. The van der Waals surface area contributed by atoms with Gasteiger partial charge in [-0.3, -0.25) is 9.59 Å². The maximum Gasteiger partial charge on any atom is 0.311 e. The molecule has 0 aliphatic heterocycles. The van der Waals surface area contributed by atoms with Crippen LogP contribution in [0.4, 0.5) is 0 Å². The third-order valence-corrected chi connectivity index (χ3v) is 4.16. The predicted molar refractivity (Wildman–Crippen MR) is 93.6 cm³/mol. The molecule has 0 saturated carbocycles. The standard InChI is InChI=1S/C18H35NO5/c1-7-9-10-23-16(21)14(3)11-18(4,8-2)17(22)24-13-15(20)12-19(5)6/h14-15,20H,7-13H2,1-6H3. The highest BCUT2D eigenvalue weighted by Crippen LogP contribution is 2.32. The number of carbonyl (C=O) groups excluding carboxylic acids is 2. The number of rotatable bonds is 12. The van der Waals surface area contributed by atoms with E-state index in [0.717, 1.165) is 12.8 Å². The summed E-state index contributed by atoms with van der Waals surface area (Å²) >= 11 is 0. The van der Waals surface area contributed by atoms with Crippen LogP contribution in [-0.2, 0) is 19.1 Å². The van der Waals surface area contributed by atoms with Crippen molar-refractivity contribution in [2.24, 2.45) is 11.3 Å². The van der Waals surface area contributed by atoms with Gasteiger partial charge in [0.05, 0.1) is 17.9 Å². The second kappa shape index (κ2) is 11.4. The van der Waals surface area contributed by atoms with Crippen LogP contribution in [0, 0.1) is 11.3 Å². The summed E-state index contributed by atoms with van der Waals surface area (Å²) in [5.41, 5.74) is -0.763. The maximum absolute atomic E-state index is 12.4. The van der Waals surface area contributed by atoms with Crippen LogP contribution in [0.15, 0.2) is 0 Å². The van der Waals surface area contributed by atoms with Crippen molar-refractivity contribution >= 4 is 11.9 Å². The van der Waals surface area contributed by atoms with Crippen LogP contribution in [0.25, 0.3) is 0 Å². The van der Waals surface area contributed by atoms with Crippen molar-refractivity contribution in [3.63, 3.8) is 0 Å². The summed E-state index contributed by atoms with van der Waals surface area (Å²) in [5.74, 6) is -1.02. The number of nitrogens with zero attached hydrogens (tertiary/aromatic N) is 1. The molecule has 0 bridgehead atoms. The summed E-state index contributed by atoms with van der Waals surface area (Å²) in [5, 5.41) is 9.80. The molecular formula is C18H35NO5. The van der Waals surface area contributed by atoms with Gasteiger partial charge in [-0.05, 0) is 40.3 Å². The van der Waals surface area contributed by atoms with E-state index in [1.54, 1.807) is 13.8 Å². The smallest absolute Gasteiger partial charge is 0.311 e. The number of esters is 2. The Hall–Kier alpha value is -1.14. The molecule has 24 heavy (non-hydrogen) atoms. The van der Waals surface area contributed by atoms with Crippen molar-refractivity contribution in [2.75, 3.05) is 33.9 Å². The average molecular weight is 345 g/mol. The highest BCUT2D eigenvalue weighted by Gasteiger charge is 2.37. The molecule has 0 saturated heterocycles. The minimum Gasteiger partial charge on any atom is -0.465 e. The van der Waals surface area contributed by atoms with E-state index in [1.165, 1.54) is 0 Å². The Morgan fingerprint density at radius 3 is 2.33 bits per heavy atom. The van der Waals surface area contributed by atoms with Crippen molar-refractivity contribution in [2.45, 2.75) is 59.5 Å². The summed E-state index contributed by atoms with van der Waals surface area (Å²) in [6, 6.07) is 0. The molecular weight excluding hydrogens is 310 g/mol. The zero-order valence-corrected chi connectivity index (χ0v) is 16.1. The number of hydrogen-bond donors (Lipinski definition) is 1. The first-order chi connectivity index (χ1) is 11.2. The van der Waals surface area contributed by atoms with Gasteiger partial charge in [0.15, 0.2) is 0 Å². The van der Waals surface area contributed by atoms with Gasteiger partial charge < -0.3 is 19.5 Å². The lowest BCUT2D eigenvalue weighted by Crippen LogP contribution is -2.37. The van der Waals surface area contributed by atoms with E-state index >= 15 is 0 Å². The molecule has 0 heterocycles. The lowest BCUT2D eigenvalue weighted by atomic mass is 9.79. The largest absolute Gasteiger partial charge is 0.465 e. The van der Waals surface area contributed by atoms with Gasteiger partial charge >= 0.3 is 11.9 Å².